The van der Waals surface area contributed by atoms with Gasteiger partial charge in [-0.05, 0) is 24.6 Å². The molecule has 2 heterocycles. The lowest BCUT2D eigenvalue weighted by atomic mass is 10.2. The molecule has 0 radical (unpaired) electrons. The van der Waals surface area contributed by atoms with E-state index in [0.717, 1.165) is 11.3 Å². The summed E-state index contributed by atoms with van der Waals surface area (Å²) in [5.41, 5.74) is 2.07. The van der Waals surface area contributed by atoms with Crippen LogP contribution in [0.5, 0.6) is 5.75 Å². The number of nitrogens with zero attached hydrogens (tertiary/aromatic N) is 4. The molecular formula is C16H18N4O3. The molecule has 0 fully saturated rings. The lowest BCUT2D eigenvalue weighted by molar-refractivity contribution is 0.271. The van der Waals surface area contributed by atoms with Crippen molar-refractivity contribution in [2.75, 3.05) is 13.7 Å². The molecule has 0 atom stereocenters. The van der Waals surface area contributed by atoms with Gasteiger partial charge in [-0.15, -0.1) is 0 Å². The van der Waals surface area contributed by atoms with Gasteiger partial charge in [0.15, 0.2) is 0 Å². The van der Waals surface area contributed by atoms with E-state index in [0.29, 0.717) is 29.7 Å². The first-order valence-electron chi connectivity index (χ1n) is 7.31. The first-order valence-corrected chi connectivity index (χ1v) is 7.31. The Morgan fingerprint density at radius 3 is 2.61 bits per heavy atom. The molecule has 0 bridgehead atoms. The summed E-state index contributed by atoms with van der Waals surface area (Å²) >= 11 is 0. The van der Waals surface area contributed by atoms with Crippen molar-refractivity contribution in [2.24, 2.45) is 0 Å². The van der Waals surface area contributed by atoms with Crippen molar-refractivity contribution >= 4 is 10.9 Å². The number of rotatable bonds is 5. The number of benzene rings is 1. The molecule has 0 aliphatic rings. The molecule has 23 heavy (non-hydrogen) atoms. The van der Waals surface area contributed by atoms with E-state index < -0.39 is 0 Å². The van der Waals surface area contributed by atoms with Gasteiger partial charge < -0.3 is 9.84 Å². The van der Waals surface area contributed by atoms with Crippen LogP contribution in [0.1, 0.15) is 11.3 Å². The zero-order valence-electron chi connectivity index (χ0n) is 13.1. The lowest BCUT2D eigenvalue weighted by Crippen LogP contribution is -2.23. The van der Waals surface area contributed by atoms with Crippen molar-refractivity contribution in [3.8, 4) is 5.75 Å². The minimum absolute atomic E-state index is 0.0366. The Morgan fingerprint density at radius 1 is 1.22 bits per heavy atom. The van der Waals surface area contributed by atoms with Crippen molar-refractivity contribution < 1.29 is 9.84 Å². The maximum Gasteiger partial charge on any atom is 0.278 e. The normalized spacial score (nSPS) is 11.1. The average molecular weight is 314 g/mol. The van der Waals surface area contributed by atoms with E-state index in [1.165, 1.54) is 4.68 Å². The van der Waals surface area contributed by atoms with Crippen molar-refractivity contribution in [3.05, 3.63) is 52.1 Å². The quantitative estimate of drug-likeness (QED) is 0.758. The third-order valence-corrected chi connectivity index (χ3v) is 3.74. The number of aliphatic hydroxyl groups excluding tert-OH is 1. The van der Waals surface area contributed by atoms with E-state index in [-0.39, 0.29) is 12.2 Å². The minimum atomic E-state index is -0.181. The van der Waals surface area contributed by atoms with Crippen molar-refractivity contribution in [1.29, 1.82) is 0 Å². The maximum absolute atomic E-state index is 12.7. The highest BCUT2D eigenvalue weighted by atomic mass is 16.5. The maximum atomic E-state index is 12.7. The predicted molar refractivity (Wildman–Crippen MR) is 85.7 cm³/mol. The molecule has 120 valence electrons. The lowest BCUT2D eigenvalue weighted by Gasteiger charge is -2.06. The zero-order valence-corrected chi connectivity index (χ0v) is 13.1. The first kappa shape index (κ1) is 15.2. The van der Waals surface area contributed by atoms with E-state index >= 15 is 0 Å². The van der Waals surface area contributed by atoms with Gasteiger partial charge in [0.25, 0.3) is 5.56 Å². The molecule has 0 saturated carbocycles. The van der Waals surface area contributed by atoms with Crippen LogP contribution in [0.4, 0.5) is 0 Å². The highest BCUT2D eigenvalue weighted by molar-refractivity contribution is 5.79. The Balaban J connectivity index is 2.00. The second-order valence-corrected chi connectivity index (χ2v) is 5.25. The van der Waals surface area contributed by atoms with Crippen LogP contribution in [-0.2, 0) is 13.1 Å². The Kier molecular flexibility index (Phi) is 4.12. The van der Waals surface area contributed by atoms with E-state index in [1.54, 1.807) is 24.9 Å². The Labute approximate surface area is 132 Å². The van der Waals surface area contributed by atoms with Crippen LogP contribution in [-0.4, -0.2) is 38.4 Å². The molecule has 0 amide bonds. The van der Waals surface area contributed by atoms with E-state index in [9.17, 15) is 4.79 Å². The monoisotopic (exact) mass is 314 g/mol. The highest BCUT2D eigenvalue weighted by Gasteiger charge is 2.13. The number of fused-ring (bicyclic) bond motifs is 1. The molecule has 7 nitrogen and oxygen atoms in total. The van der Waals surface area contributed by atoms with Crippen LogP contribution in [0.3, 0.4) is 0 Å². The number of hydrogen-bond donors (Lipinski definition) is 1. The molecule has 0 spiro atoms. The van der Waals surface area contributed by atoms with Gasteiger partial charge in [0.1, 0.15) is 5.75 Å². The van der Waals surface area contributed by atoms with Gasteiger partial charge in [-0.1, -0.05) is 12.1 Å². The van der Waals surface area contributed by atoms with E-state index in [1.807, 2.05) is 24.3 Å². The average Bonchev–Trinajstić information content (AvgIpc) is 2.88. The standard InChI is InChI=1S/C16H18N4O3/c1-11-15-14(19(18-11)7-8-21)9-17-20(16(15)22)10-12-3-5-13(23-2)6-4-12/h3-6,9,21H,7-8,10H2,1-2H3. The van der Waals surface area contributed by atoms with Gasteiger partial charge in [0.05, 0.1) is 49.6 Å². The smallest absolute Gasteiger partial charge is 0.278 e. The summed E-state index contributed by atoms with van der Waals surface area (Å²) in [6.07, 6.45) is 1.62. The van der Waals surface area contributed by atoms with Crippen LogP contribution < -0.4 is 10.3 Å². The Hall–Kier alpha value is -2.67. The van der Waals surface area contributed by atoms with Gasteiger partial charge in [-0.25, -0.2) is 4.68 Å². The highest BCUT2D eigenvalue weighted by Crippen LogP contribution is 2.14. The molecular weight excluding hydrogens is 296 g/mol. The minimum Gasteiger partial charge on any atom is -0.497 e. The number of aryl methyl sites for hydroxylation is 1. The Morgan fingerprint density at radius 2 is 1.96 bits per heavy atom. The molecule has 0 aliphatic carbocycles. The SMILES string of the molecule is COc1ccc(Cn2ncc3c(c(C)nn3CCO)c2=O)cc1. The van der Waals surface area contributed by atoms with Crippen LogP contribution in [0, 0.1) is 6.92 Å². The van der Waals surface area contributed by atoms with Gasteiger partial charge in [-0.2, -0.15) is 10.2 Å². The summed E-state index contributed by atoms with van der Waals surface area (Å²) in [7, 11) is 1.61. The van der Waals surface area contributed by atoms with Gasteiger partial charge in [0.2, 0.25) is 0 Å². The molecule has 3 rings (SSSR count). The van der Waals surface area contributed by atoms with E-state index in [4.69, 9.17) is 9.84 Å². The van der Waals surface area contributed by atoms with Crippen LogP contribution >= 0.6 is 0 Å². The second kappa shape index (κ2) is 6.21. The summed E-state index contributed by atoms with van der Waals surface area (Å²) in [5, 5.41) is 18.1. The molecule has 0 saturated heterocycles. The fraction of sp³-hybridized carbons (Fsp3) is 0.312. The molecule has 2 aromatic heterocycles. The molecule has 3 aromatic rings. The van der Waals surface area contributed by atoms with E-state index in [2.05, 4.69) is 10.2 Å². The summed E-state index contributed by atoms with van der Waals surface area (Å²) in [6, 6.07) is 7.51. The van der Waals surface area contributed by atoms with Crippen LogP contribution in [0.25, 0.3) is 10.9 Å². The molecule has 1 N–H and O–H groups in total. The Bertz CT molecular complexity index is 881. The fourth-order valence-corrected chi connectivity index (χ4v) is 2.58. The molecule has 1 aromatic carbocycles. The molecule has 7 heteroatoms. The van der Waals surface area contributed by atoms with Gasteiger partial charge >= 0.3 is 0 Å². The van der Waals surface area contributed by atoms with Crippen molar-refractivity contribution in [2.45, 2.75) is 20.0 Å². The van der Waals surface area contributed by atoms with Crippen LogP contribution in [0.15, 0.2) is 35.3 Å². The molecule has 0 aliphatic heterocycles. The first-order chi connectivity index (χ1) is 11.1. The van der Waals surface area contributed by atoms with Crippen molar-refractivity contribution in [3.63, 3.8) is 0 Å². The topological polar surface area (TPSA) is 82.2 Å². The zero-order chi connectivity index (χ0) is 16.4. The molecule has 0 unspecified atom stereocenters. The van der Waals surface area contributed by atoms with Crippen molar-refractivity contribution in [1.82, 2.24) is 19.6 Å². The predicted octanol–water partition coefficient (Wildman–Crippen LogP) is 0.951. The van der Waals surface area contributed by atoms with Gasteiger partial charge in [-0.3, -0.25) is 9.48 Å². The number of methoxy groups -OCH3 is 1. The third kappa shape index (κ3) is 2.83. The summed E-state index contributed by atoms with van der Waals surface area (Å²) < 4.78 is 8.15. The number of hydrogen-bond acceptors (Lipinski definition) is 5. The van der Waals surface area contributed by atoms with Gasteiger partial charge in [0, 0.05) is 0 Å². The number of ether oxygens (including phenoxy) is 1. The number of aliphatic hydroxyl groups is 1. The summed E-state index contributed by atoms with van der Waals surface area (Å²) in [4.78, 5) is 12.7. The summed E-state index contributed by atoms with van der Waals surface area (Å²) in [6.45, 7) is 2.47. The largest absolute Gasteiger partial charge is 0.497 e. The summed E-state index contributed by atoms with van der Waals surface area (Å²) in [5.74, 6) is 0.769. The second-order valence-electron chi connectivity index (χ2n) is 5.25. The van der Waals surface area contributed by atoms with Crippen LogP contribution in [0.2, 0.25) is 0 Å². The fourth-order valence-electron chi connectivity index (χ4n) is 2.58. The number of aromatic nitrogens is 4. The third-order valence-electron chi connectivity index (χ3n) is 3.74.